The van der Waals surface area contributed by atoms with Crippen molar-refractivity contribution in [2.24, 2.45) is 0 Å². The van der Waals surface area contributed by atoms with Gasteiger partial charge >= 0.3 is 0 Å². The smallest absolute Gasteiger partial charge is 0.129 e. The van der Waals surface area contributed by atoms with Crippen molar-refractivity contribution in [1.29, 1.82) is 0 Å². The summed E-state index contributed by atoms with van der Waals surface area (Å²) >= 11 is 11.9. The van der Waals surface area contributed by atoms with Crippen LogP contribution in [-0.4, -0.2) is 4.98 Å². The summed E-state index contributed by atoms with van der Waals surface area (Å²) in [5, 5.41) is 4.31. The van der Waals surface area contributed by atoms with Crippen molar-refractivity contribution in [3.63, 3.8) is 0 Å². The van der Waals surface area contributed by atoms with Crippen LogP contribution in [0.5, 0.6) is 0 Å². The molecular formula is C12H8Cl2N2. The summed E-state index contributed by atoms with van der Waals surface area (Å²) < 4.78 is 0. The predicted octanol–water partition coefficient (Wildman–Crippen LogP) is 3.41. The Kier molecular flexibility index (Phi) is 2.27. The number of nitrogens with one attached hydrogen (secondary N) is 1. The van der Waals surface area contributed by atoms with Crippen LogP contribution in [0.3, 0.4) is 0 Å². The van der Waals surface area contributed by atoms with Crippen LogP contribution in [0.1, 0.15) is 17.3 Å². The lowest BCUT2D eigenvalue weighted by Crippen LogP contribution is -2.25. The van der Waals surface area contributed by atoms with Crippen LogP contribution in [0.4, 0.5) is 0 Å². The molecule has 1 unspecified atom stereocenters. The summed E-state index contributed by atoms with van der Waals surface area (Å²) in [6.07, 6.45) is 7.93. The summed E-state index contributed by atoms with van der Waals surface area (Å²) in [5.74, 6) is 0. The molecule has 2 aliphatic rings. The van der Waals surface area contributed by atoms with Crippen molar-refractivity contribution >= 4 is 29.3 Å². The molecule has 1 aliphatic heterocycles. The topological polar surface area (TPSA) is 24.9 Å². The molecule has 1 aliphatic carbocycles. The first kappa shape index (κ1) is 9.94. The predicted molar refractivity (Wildman–Crippen MR) is 66.2 cm³/mol. The Hall–Kier alpha value is -1.25. The van der Waals surface area contributed by atoms with Crippen molar-refractivity contribution in [3.05, 3.63) is 57.5 Å². The number of dihydropyridines is 1. The van der Waals surface area contributed by atoms with Crippen LogP contribution >= 0.6 is 23.2 Å². The van der Waals surface area contributed by atoms with E-state index in [4.69, 9.17) is 23.2 Å². The molecule has 0 aromatic carbocycles. The van der Waals surface area contributed by atoms with Crippen LogP contribution in [0.25, 0.3) is 6.08 Å². The minimum absolute atomic E-state index is 0.0104. The lowest BCUT2D eigenvalue weighted by atomic mass is 9.92. The molecule has 4 heteroatoms. The minimum Gasteiger partial charge on any atom is -0.363 e. The van der Waals surface area contributed by atoms with Crippen molar-refractivity contribution in [2.45, 2.75) is 6.04 Å². The number of fused-ring (bicyclic) bond motifs is 3. The Morgan fingerprint density at radius 2 is 2.00 bits per heavy atom. The molecule has 0 fully saturated rings. The Labute approximate surface area is 103 Å². The van der Waals surface area contributed by atoms with E-state index in [2.05, 4.69) is 16.4 Å². The number of nitrogens with zero attached hydrogens (tertiary/aromatic N) is 1. The summed E-state index contributed by atoms with van der Waals surface area (Å²) in [6, 6.07) is 3.77. The van der Waals surface area contributed by atoms with Crippen molar-refractivity contribution in [3.8, 4) is 0 Å². The normalized spacial score (nSPS) is 21.5. The standard InChI is InChI=1S/C12H8Cl2N2/c13-9-5-3-7-1-2-8-4-6-10(14)16-12(8)11(7)15-9/h1-6,11,15H. The summed E-state index contributed by atoms with van der Waals surface area (Å²) in [7, 11) is 0. The second-order valence-corrected chi connectivity index (χ2v) is 4.49. The number of pyridine rings is 1. The highest BCUT2D eigenvalue weighted by atomic mass is 35.5. The maximum atomic E-state index is 5.96. The van der Waals surface area contributed by atoms with E-state index in [1.165, 1.54) is 0 Å². The summed E-state index contributed by atoms with van der Waals surface area (Å²) in [5.41, 5.74) is 3.14. The zero-order valence-corrected chi connectivity index (χ0v) is 9.76. The van der Waals surface area contributed by atoms with Crippen molar-refractivity contribution < 1.29 is 0 Å². The van der Waals surface area contributed by atoms with E-state index in [1.807, 2.05) is 24.3 Å². The van der Waals surface area contributed by atoms with E-state index in [9.17, 15) is 0 Å². The zero-order chi connectivity index (χ0) is 11.1. The van der Waals surface area contributed by atoms with Crippen LogP contribution in [0.2, 0.25) is 5.15 Å². The maximum Gasteiger partial charge on any atom is 0.129 e. The lowest BCUT2D eigenvalue weighted by Gasteiger charge is -2.27. The van der Waals surface area contributed by atoms with Gasteiger partial charge in [0, 0.05) is 0 Å². The van der Waals surface area contributed by atoms with Gasteiger partial charge in [0.2, 0.25) is 0 Å². The molecule has 0 bridgehead atoms. The fourth-order valence-corrected chi connectivity index (χ4v) is 2.26. The largest absolute Gasteiger partial charge is 0.363 e. The van der Waals surface area contributed by atoms with Gasteiger partial charge in [0.1, 0.15) is 10.3 Å². The van der Waals surface area contributed by atoms with Gasteiger partial charge in [-0.25, -0.2) is 4.98 Å². The van der Waals surface area contributed by atoms with E-state index >= 15 is 0 Å². The van der Waals surface area contributed by atoms with Gasteiger partial charge in [-0.05, 0) is 23.3 Å². The van der Waals surface area contributed by atoms with Gasteiger partial charge in [0.15, 0.2) is 0 Å². The Morgan fingerprint density at radius 1 is 1.12 bits per heavy atom. The van der Waals surface area contributed by atoms with Crippen LogP contribution in [0.15, 0.2) is 41.1 Å². The Balaban J connectivity index is 2.15. The third-order valence-electron chi connectivity index (χ3n) is 2.69. The second kappa shape index (κ2) is 3.65. The van der Waals surface area contributed by atoms with E-state index in [0.29, 0.717) is 10.3 Å². The van der Waals surface area contributed by atoms with Gasteiger partial charge in [-0.3, -0.25) is 0 Å². The molecule has 80 valence electrons. The van der Waals surface area contributed by atoms with Crippen LogP contribution in [-0.2, 0) is 0 Å². The minimum atomic E-state index is 0.0104. The quantitative estimate of drug-likeness (QED) is 0.564. The average molecular weight is 251 g/mol. The number of rotatable bonds is 0. The molecule has 0 radical (unpaired) electrons. The van der Waals surface area contributed by atoms with E-state index in [1.54, 1.807) is 6.07 Å². The molecule has 0 saturated heterocycles. The first-order valence-electron chi connectivity index (χ1n) is 4.92. The molecule has 2 nitrogen and oxygen atoms in total. The van der Waals surface area contributed by atoms with Crippen molar-refractivity contribution in [1.82, 2.24) is 10.3 Å². The molecular weight excluding hydrogens is 243 g/mol. The van der Waals surface area contributed by atoms with E-state index in [0.717, 1.165) is 16.8 Å². The molecule has 1 aromatic heterocycles. The number of halogens is 2. The molecule has 0 spiro atoms. The zero-order valence-electron chi connectivity index (χ0n) is 8.24. The van der Waals surface area contributed by atoms with Gasteiger partial charge in [0.25, 0.3) is 0 Å². The third kappa shape index (κ3) is 1.55. The number of hydrogen-bond donors (Lipinski definition) is 1. The number of aromatic nitrogens is 1. The fourth-order valence-electron chi connectivity index (χ4n) is 1.93. The molecule has 3 rings (SSSR count). The van der Waals surface area contributed by atoms with Gasteiger partial charge in [-0.15, -0.1) is 0 Å². The Bertz CT molecular complexity index is 544. The summed E-state index contributed by atoms with van der Waals surface area (Å²) in [4.78, 5) is 4.36. The highest BCUT2D eigenvalue weighted by Gasteiger charge is 2.24. The first-order valence-corrected chi connectivity index (χ1v) is 5.68. The van der Waals surface area contributed by atoms with Gasteiger partial charge < -0.3 is 5.32 Å². The average Bonchev–Trinajstić information content (AvgIpc) is 2.29. The third-order valence-corrected chi connectivity index (χ3v) is 3.14. The summed E-state index contributed by atoms with van der Waals surface area (Å²) in [6.45, 7) is 0. The first-order chi connectivity index (χ1) is 7.74. The number of hydrogen-bond acceptors (Lipinski definition) is 2. The molecule has 1 aromatic rings. The number of allylic oxidation sites excluding steroid dienone is 2. The molecule has 1 atom stereocenters. The van der Waals surface area contributed by atoms with Crippen LogP contribution in [0, 0.1) is 0 Å². The lowest BCUT2D eigenvalue weighted by molar-refractivity contribution is 0.679. The van der Waals surface area contributed by atoms with Gasteiger partial charge in [-0.2, -0.15) is 0 Å². The molecule has 0 amide bonds. The highest BCUT2D eigenvalue weighted by molar-refractivity contribution is 6.29. The molecule has 1 N–H and O–H groups in total. The molecule has 2 heterocycles. The van der Waals surface area contributed by atoms with Gasteiger partial charge in [0.05, 0.1) is 11.7 Å². The van der Waals surface area contributed by atoms with E-state index < -0.39 is 0 Å². The molecule has 16 heavy (non-hydrogen) atoms. The van der Waals surface area contributed by atoms with Crippen molar-refractivity contribution in [2.75, 3.05) is 0 Å². The molecule has 0 saturated carbocycles. The Morgan fingerprint density at radius 3 is 2.88 bits per heavy atom. The van der Waals surface area contributed by atoms with Crippen LogP contribution < -0.4 is 5.32 Å². The highest BCUT2D eigenvalue weighted by Crippen LogP contribution is 2.34. The fraction of sp³-hybridized carbons (Fsp3) is 0.0833. The van der Waals surface area contributed by atoms with Gasteiger partial charge in [-0.1, -0.05) is 47.5 Å². The van der Waals surface area contributed by atoms with E-state index in [-0.39, 0.29) is 6.04 Å². The monoisotopic (exact) mass is 250 g/mol. The SMILES string of the molecule is ClC1=CC=C2C=Cc3ccc(Cl)nc3C2N1. The second-order valence-electron chi connectivity index (χ2n) is 3.70. The maximum absolute atomic E-state index is 5.96.